The van der Waals surface area contributed by atoms with Crippen molar-refractivity contribution >= 4 is 17.3 Å². The van der Waals surface area contributed by atoms with E-state index in [1.165, 1.54) is 6.92 Å². The minimum absolute atomic E-state index is 0.00182. The quantitative estimate of drug-likeness (QED) is 0.571. The standard InChI is InChI=1S/C7H5ClF2N2O2/c1-3-4(12(13)14)2-11-6(5(3)8)7(9)10/h2,7H,1H3. The molecule has 1 rings (SSSR count). The van der Waals surface area contributed by atoms with Crippen molar-refractivity contribution in [3.05, 3.63) is 32.6 Å². The number of rotatable bonds is 2. The molecule has 0 spiro atoms. The minimum atomic E-state index is -2.83. The van der Waals surface area contributed by atoms with Crippen molar-refractivity contribution in [2.24, 2.45) is 0 Å². The van der Waals surface area contributed by atoms with Gasteiger partial charge in [0.1, 0.15) is 11.9 Å². The number of alkyl halides is 2. The highest BCUT2D eigenvalue weighted by atomic mass is 35.5. The van der Waals surface area contributed by atoms with Crippen molar-refractivity contribution in [2.45, 2.75) is 13.3 Å². The first-order chi connectivity index (χ1) is 6.45. The molecule has 0 aliphatic carbocycles. The van der Waals surface area contributed by atoms with Gasteiger partial charge >= 0.3 is 0 Å². The average Bonchev–Trinajstić information content (AvgIpc) is 2.08. The summed E-state index contributed by atoms with van der Waals surface area (Å²) in [6.45, 7) is 1.30. The largest absolute Gasteiger partial charge is 0.291 e. The normalized spacial score (nSPS) is 10.6. The van der Waals surface area contributed by atoms with Gasteiger partial charge in [0.25, 0.3) is 12.1 Å². The molecule has 0 saturated heterocycles. The predicted octanol–water partition coefficient (Wildman–Crippen LogP) is 2.89. The van der Waals surface area contributed by atoms with Crippen molar-refractivity contribution in [1.29, 1.82) is 0 Å². The van der Waals surface area contributed by atoms with Crippen LogP contribution in [0.15, 0.2) is 6.20 Å². The smallest absolute Gasteiger partial charge is 0.258 e. The van der Waals surface area contributed by atoms with Crippen LogP contribution < -0.4 is 0 Å². The van der Waals surface area contributed by atoms with Crippen LogP contribution in [0.4, 0.5) is 14.5 Å². The zero-order chi connectivity index (χ0) is 10.9. The van der Waals surface area contributed by atoms with Gasteiger partial charge in [0.2, 0.25) is 0 Å². The lowest BCUT2D eigenvalue weighted by Crippen LogP contribution is -1.99. The fourth-order valence-corrected chi connectivity index (χ4v) is 1.15. The number of halogens is 3. The van der Waals surface area contributed by atoms with Crippen LogP contribution in [0.3, 0.4) is 0 Å². The Balaban J connectivity index is 3.33. The second kappa shape index (κ2) is 3.83. The molecule has 14 heavy (non-hydrogen) atoms. The summed E-state index contributed by atoms with van der Waals surface area (Å²) in [5.74, 6) is 0. The van der Waals surface area contributed by atoms with E-state index >= 15 is 0 Å². The van der Waals surface area contributed by atoms with E-state index in [0.29, 0.717) is 0 Å². The molecule has 7 heteroatoms. The minimum Gasteiger partial charge on any atom is -0.258 e. The molecule has 4 nitrogen and oxygen atoms in total. The molecular formula is C7H5ClF2N2O2. The molecule has 0 aliphatic rings. The maximum atomic E-state index is 12.2. The number of nitro groups is 1. The Labute approximate surface area is 82.7 Å². The highest BCUT2D eigenvalue weighted by Gasteiger charge is 2.21. The Morgan fingerprint density at radius 1 is 1.64 bits per heavy atom. The Morgan fingerprint density at radius 2 is 2.21 bits per heavy atom. The number of aromatic nitrogens is 1. The maximum absolute atomic E-state index is 12.2. The van der Waals surface area contributed by atoms with Gasteiger partial charge in [0.05, 0.1) is 9.95 Å². The van der Waals surface area contributed by atoms with Crippen LogP contribution in [-0.2, 0) is 0 Å². The lowest BCUT2D eigenvalue weighted by molar-refractivity contribution is -0.385. The van der Waals surface area contributed by atoms with Gasteiger partial charge in [0.15, 0.2) is 0 Å². The summed E-state index contributed by atoms with van der Waals surface area (Å²) in [6.07, 6.45) is -2.05. The zero-order valence-corrected chi connectivity index (χ0v) is 7.76. The number of hydrogen-bond acceptors (Lipinski definition) is 3. The van der Waals surface area contributed by atoms with Crippen molar-refractivity contribution in [3.8, 4) is 0 Å². The molecule has 0 bridgehead atoms. The molecule has 1 heterocycles. The van der Waals surface area contributed by atoms with Crippen molar-refractivity contribution < 1.29 is 13.7 Å². The van der Waals surface area contributed by atoms with E-state index in [1.807, 2.05) is 0 Å². The predicted molar refractivity (Wildman–Crippen MR) is 45.6 cm³/mol. The molecule has 0 fully saturated rings. The maximum Gasteiger partial charge on any atom is 0.291 e. The molecule has 0 amide bonds. The summed E-state index contributed by atoms with van der Waals surface area (Å²) in [6, 6.07) is 0. The molecule has 0 radical (unpaired) electrons. The highest BCUT2D eigenvalue weighted by molar-refractivity contribution is 6.32. The van der Waals surface area contributed by atoms with Crippen LogP contribution in [0, 0.1) is 17.0 Å². The molecule has 0 saturated carbocycles. The molecule has 1 aromatic rings. The fourth-order valence-electron chi connectivity index (χ4n) is 0.925. The summed E-state index contributed by atoms with van der Waals surface area (Å²) in [5.41, 5.74) is -0.990. The lowest BCUT2D eigenvalue weighted by atomic mass is 10.2. The number of pyridine rings is 1. The number of nitrogens with zero attached hydrogens (tertiary/aromatic N) is 2. The summed E-state index contributed by atoms with van der Waals surface area (Å²) in [7, 11) is 0. The molecule has 0 atom stereocenters. The second-order valence-electron chi connectivity index (χ2n) is 2.53. The van der Waals surface area contributed by atoms with Crippen LogP contribution in [0.5, 0.6) is 0 Å². The lowest BCUT2D eigenvalue weighted by Gasteiger charge is -2.04. The first-order valence-corrected chi connectivity index (χ1v) is 3.90. The van der Waals surface area contributed by atoms with E-state index in [2.05, 4.69) is 4.98 Å². The van der Waals surface area contributed by atoms with Crippen LogP contribution in [0.2, 0.25) is 5.02 Å². The molecule has 0 aliphatic heterocycles. The van der Waals surface area contributed by atoms with Crippen LogP contribution >= 0.6 is 11.6 Å². The van der Waals surface area contributed by atoms with Gasteiger partial charge in [-0.05, 0) is 6.92 Å². The zero-order valence-electron chi connectivity index (χ0n) is 7.00. The first-order valence-electron chi connectivity index (χ1n) is 3.52. The molecular weight excluding hydrogens is 218 g/mol. The van der Waals surface area contributed by atoms with Crippen LogP contribution in [0.1, 0.15) is 17.7 Å². The van der Waals surface area contributed by atoms with Crippen LogP contribution in [0.25, 0.3) is 0 Å². The summed E-state index contributed by atoms with van der Waals surface area (Å²) in [4.78, 5) is 12.9. The number of hydrogen-bond donors (Lipinski definition) is 0. The Morgan fingerprint density at radius 3 is 2.64 bits per heavy atom. The molecule has 1 aromatic heterocycles. The van der Waals surface area contributed by atoms with Gasteiger partial charge in [-0.2, -0.15) is 0 Å². The monoisotopic (exact) mass is 222 g/mol. The fraction of sp³-hybridized carbons (Fsp3) is 0.286. The van der Waals surface area contributed by atoms with E-state index in [0.717, 1.165) is 6.20 Å². The Hall–Kier alpha value is -1.30. The van der Waals surface area contributed by atoms with Gasteiger partial charge < -0.3 is 0 Å². The SMILES string of the molecule is Cc1c([N+](=O)[O-])cnc(C(F)F)c1Cl. The molecule has 0 N–H and O–H groups in total. The van der Waals surface area contributed by atoms with Crippen molar-refractivity contribution in [2.75, 3.05) is 0 Å². The average molecular weight is 223 g/mol. The van der Waals surface area contributed by atoms with Crippen LogP contribution in [-0.4, -0.2) is 9.91 Å². The van der Waals surface area contributed by atoms with E-state index in [4.69, 9.17) is 11.6 Å². The van der Waals surface area contributed by atoms with Gasteiger partial charge in [-0.15, -0.1) is 0 Å². The van der Waals surface area contributed by atoms with E-state index in [1.54, 1.807) is 0 Å². The Bertz CT molecular complexity index is 384. The second-order valence-corrected chi connectivity index (χ2v) is 2.90. The van der Waals surface area contributed by atoms with E-state index < -0.39 is 17.0 Å². The third kappa shape index (κ3) is 1.79. The third-order valence-corrected chi connectivity index (χ3v) is 2.14. The molecule has 0 unspecified atom stereocenters. The third-order valence-electron chi connectivity index (χ3n) is 1.67. The van der Waals surface area contributed by atoms with Gasteiger partial charge in [-0.25, -0.2) is 13.8 Å². The van der Waals surface area contributed by atoms with Gasteiger partial charge in [0, 0.05) is 5.56 Å². The Kier molecular flexibility index (Phi) is 2.95. The van der Waals surface area contributed by atoms with E-state index in [-0.39, 0.29) is 16.3 Å². The summed E-state index contributed by atoms with van der Waals surface area (Å²) < 4.78 is 24.4. The van der Waals surface area contributed by atoms with Crippen molar-refractivity contribution in [1.82, 2.24) is 4.98 Å². The summed E-state index contributed by atoms with van der Waals surface area (Å²) in [5, 5.41) is 10.0. The van der Waals surface area contributed by atoms with Gasteiger partial charge in [-0.3, -0.25) is 10.1 Å². The molecule has 76 valence electrons. The molecule has 0 aromatic carbocycles. The summed E-state index contributed by atoms with van der Waals surface area (Å²) >= 11 is 5.49. The van der Waals surface area contributed by atoms with E-state index in [9.17, 15) is 18.9 Å². The highest BCUT2D eigenvalue weighted by Crippen LogP contribution is 2.31. The van der Waals surface area contributed by atoms with Crippen molar-refractivity contribution in [3.63, 3.8) is 0 Å². The van der Waals surface area contributed by atoms with Gasteiger partial charge in [-0.1, -0.05) is 11.6 Å². The topological polar surface area (TPSA) is 56.0 Å². The first kappa shape index (κ1) is 10.8.